The summed E-state index contributed by atoms with van der Waals surface area (Å²) in [6.07, 6.45) is 1.72. The molecule has 0 aliphatic rings. The molecule has 7 nitrogen and oxygen atoms in total. The summed E-state index contributed by atoms with van der Waals surface area (Å²) in [7, 11) is 7.08. The Morgan fingerprint density at radius 1 is 1.14 bits per heavy atom. The number of rotatable bonds is 9. The summed E-state index contributed by atoms with van der Waals surface area (Å²) in [6.45, 7) is 2.28. The first-order valence-electron chi connectivity index (χ1n) is 8.78. The van der Waals surface area contributed by atoms with Crippen LogP contribution in [0.2, 0.25) is 0 Å². The number of halogens is 1. The standard InChI is InChI=1S/C20H28N4O3.HI/c1-21-20(24(2)15-16-7-9-18(26-4)10-8-16)23-14-17-6-5-11-22-19(17)27-13-12-25-3;/h5-11H,12-15H2,1-4H3,(H,21,23);1H. The maximum atomic E-state index is 5.68. The van der Waals surface area contributed by atoms with Gasteiger partial charge in [0.15, 0.2) is 5.96 Å². The lowest BCUT2D eigenvalue weighted by molar-refractivity contribution is 0.143. The van der Waals surface area contributed by atoms with E-state index in [0.29, 0.717) is 25.6 Å². The van der Waals surface area contributed by atoms with Crippen molar-refractivity contribution in [2.45, 2.75) is 13.1 Å². The van der Waals surface area contributed by atoms with Crippen molar-refractivity contribution in [1.29, 1.82) is 0 Å². The van der Waals surface area contributed by atoms with Gasteiger partial charge in [-0.05, 0) is 23.8 Å². The van der Waals surface area contributed by atoms with Crippen molar-refractivity contribution in [3.63, 3.8) is 0 Å². The molecule has 0 bridgehead atoms. The number of nitrogens with one attached hydrogen (secondary N) is 1. The van der Waals surface area contributed by atoms with Crippen LogP contribution in [0.4, 0.5) is 0 Å². The van der Waals surface area contributed by atoms with E-state index >= 15 is 0 Å². The van der Waals surface area contributed by atoms with Crippen molar-refractivity contribution >= 4 is 29.9 Å². The molecule has 0 unspecified atom stereocenters. The van der Waals surface area contributed by atoms with Gasteiger partial charge in [0.25, 0.3) is 0 Å². The molecule has 0 saturated carbocycles. The zero-order chi connectivity index (χ0) is 19.5. The van der Waals surface area contributed by atoms with Crippen LogP contribution in [0.5, 0.6) is 11.6 Å². The maximum absolute atomic E-state index is 5.68. The summed E-state index contributed by atoms with van der Waals surface area (Å²) >= 11 is 0. The fourth-order valence-electron chi connectivity index (χ4n) is 2.55. The highest BCUT2D eigenvalue weighted by Gasteiger charge is 2.10. The van der Waals surface area contributed by atoms with E-state index in [1.165, 1.54) is 5.56 Å². The van der Waals surface area contributed by atoms with E-state index in [0.717, 1.165) is 23.8 Å². The zero-order valence-electron chi connectivity index (χ0n) is 16.8. The average Bonchev–Trinajstić information content (AvgIpc) is 2.70. The Morgan fingerprint density at radius 3 is 2.54 bits per heavy atom. The smallest absolute Gasteiger partial charge is 0.218 e. The lowest BCUT2D eigenvalue weighted by Crippen LogP contribution is -2.38. The summed E-state index contributed by atoms with van der Waals surface area (Å²) in [5.74, 6) is 2.24. The van der Waals surface area contributed by atoms with E-state index in [4.69, 9.17) is 14.2 Å². The molecule has 0 spiro atoms. The second-order valence-corrected chi connectivity index (χ2v) is 5.91. The van der Waals surface area contributed by atoms with Crippen LogP contribution in [0.3, 0.4) is 0 Å². The number of aromatic nitrogens is 1. The molecule has 2 aromatic rings. The number of benzene rings is 1. The highest BCUT2D eigenvalue weighted by atomic mass is 127. The minimum Gasteiger partial charge on any atom is -0.497 e. The van der Waals surface area contributed by atoms with Crippen LogP contribution >= 0.6 is 24.0 Å². The third-order valence-corrected chi connectivity index (χ3v) is 3.97. The number of ether oxygens (including phenoxy) is 3. The Balaban J connectivity index is 0.00000392. The van der Waals surface area contributed by atoms with Gasteiger partial charge in [0.05, 0.1) is 13.7 Å². The van der Waals surface area contributed by atoms with Gasteiger partial charge >= 0.3 is 0 Å². The van der Waals surface area contributed by atoms with Crippen molar-refractivity contribution in [3.8, 4) is 11.6 Å². The van der Waals surface area contributed by atoms with Crippen molar-refractivity contribution in [2.75, 3.05) is 41.5 Å². The van der Waals surface area contributed by atoms with Gasteiger partial charge in [0.1, 0.15) is 12.4 Å². The van der Waals surface area contributed by atoms with E-state index < -0.39 is 0 Å². The second-order valence-electron chi connectivity index (χ2n) is 5.91. The predicted octanol–water partition coefficient (Wildman–Crippen LogP) is 2.94. The molecule has 8 heteroatoms. The molecule has 28 heavy (non-hydrogen) atoms. The third kappa shape index (κ3) is 7.51. The van der Waals surface area contributed by atoms with E-state index in [2.05, 4.69) is 20.2 Å². The SMILES string of the molecule is CN=C(NCc1cccnc1OCCOC)N(C)Cc1ccc(OC)cc1.I. The predicted molar refractivity (Wildman–Crippen MR) is 122 cm³/mol. The van der Waals surface area contributed by atoms with Crippen molar-refractivity contribution in [1.82, 2.24) is 15.2 Å². The summed E-state index contributed by atoms with van der Waals surface area (Å²) in [5.41, 5.74) is 2.14. The number of hydrogen-bond donors (Lipinski definition) is 1. The van der Waals surface area contributed by atoms with Crippen LogP contribution in [0, 0.1) is 0 Å². The van der Waals surface area contributed by atoms with Crippen molar-refractivity contribution in [3.05, 3.63) is 53.7 Å². The number of nitrogens with zero attached hydrogens (tertiary/aromatic N) is 3. The highest BCUT2D eigenvalue weighted by Crippen LogP contribution is 2.15. The normalized spacial score (nSPS) is 10.8. The molecule has 154 valence electrons. The van der Waals surface area contributed by atoms with Gasteiger partial charge in [0.2, 0.25) is 5.88 Å². The topological polar surface area (TPSA) is 68.2 Å². The van der Waals surface area contributed by atoms with Gasteiger partial charge in [-0.3, -0.25) is 4.99 Å². The Bertz CT molecular complexity index is 726. The molecule has 0 fully saturated rings. The van der Waals surface area contributed by atoms with E-state index in [-0.39, 0.29) is 24.0 Å². The molecule has 0 radical (unpaired) electrons. The fourth-order valence-corrected chi connectivity index (χ4v) is 2.55. The van der Waals surface area contributed by atoms with E-state index in [9.17, 15) is 0 Å². The summed E-state index contributed by atoms with van der Waals surface area (Å²) in [6, 6.07) is 11.9. The number of hydrogen-bond acceptors (Lipinski definition) is 5. The number of pyridine rings is 1. The molecular weight excluding hydrogens is 471 g/mol. The Labute approximate surface area is 184 Å². The van der Waals surface area contributed by atoms with Crippen LogP contribution in [0.15, 0.2) is 47.6 Å². The van der Waals surface area contributed by atoms with E-state index in [1.54, 1.807) is 27.5 Å². The average molecular weight is 500 g/mol. The summed E-state index contributed by atoms with van der Waals surface area (Å²) in [4.78, 5) is 10.7. The van der Waals surface area contributed by atoms with Gasteiger partial charge in [-0.25, -0.2) is 4.98 Å². The molecule has 0 saturated heterocycles. The minimum absolute atomic E-state index is 0. The van der Waals surface area contributed by atoms with Gasteiger partial charge in [-0.2, -0.15) is 0 Å². The molecule has 1 N–H and O–H groups in total. The molecule has 0 aliphatic carbocycles. The minimum atomic E-state index is 0. The molecule has 2 rings (SSSR count). The lowest BCUT2D eigenvalue weighted by atomic mass is 10.2. The molecule has 1 aromatic carbocycles. The number of guanidine groups is 1. The maximum Gasteiger partial charge on any atom is 0.218 e. The van der Waals surface area contributed by atoms with Crippen molar-refractivity contribution < 1.29 is 14.2 Å². The Hall–Kier alpha value is -2.07. The Kier molecular flexibility index (Phi) is 11.3. The van der Waals surface area contributed by atoms with Gasteiger partial charge in [0, 0.05) is 46.1 Å². The Morgan fingerprint density at radius 2 is 1.89 bits per heavy atom. The van der Waals surface area contributed by atoms with Gasteiger partial charge in [-0.15, -0.1) is 24.0 Å². The van der Waals surface area contributed by atoms with Crippen molar-refractivity contribution in [2.24, 2.45) is 4.99 Å². The fraction of sp³-hybridized carbons (Fsp3) is 0.400. The zero-order valence-corrected chi connectivity index (χ0v) is 19.2. The third-order valence-electron chi connectivity index (χ3n) is 3.97. The quantitative estimate of drug-likeness (QED) is 0.247. The first-order chi connectivity index (χ1) is 13.2. The summed E-state index contributed by atoms with van der Waals surface area (Å²) < 4.78 is 15.9. The lowest BCUT2D eigenvalue weighted by Gasteiger charge is -2.22. The first kappa shape index (κ1) is 24.0. The highest BCUT2D eigenvalue weighted by molar-refractivity contribution is 14.0. The molecule has 0 atom stereocenters. The van der Waals surface area contributed by atoms with E-state index in [1.807, 2.05) is 43.4 Å². The van der Waals surface area contributed by atoms with Crippen LogP contribution < -0.4 is 14.8 Å². The largest absolute Gasteiger partial charge is 0.497 e. The van der Waals surface area contributed by atoms with Crippen LogP contribution in [0.25, 0.3) is 0 Å². The van der Waals surface area contributed by atoms with Gasteiger partial charge < -0.3 is 24.4 Å². The molecule has 1 heterocycles. The van der Waals surface area contributed by atoms with Crippen LogP contribution in [0.1, 0.15) is 11.1 Å². The first-order valence-corrected chi connectivity index (χ1v) is 8.78. The van der Waals surface area contributed by atoms with Crippen LogP contribution in [-0.2, 0) is 17.8 Å². The molecule has 0 amide bonds. The second kappa shape index (κ2) is 13.2. The number of aliphatic imine (C=N–C) groups is 1. The van der Waals surface area contributed by atoms with Gasteiger partial charge in [-0.1, -0.05) is 18.2 Å². The van der Waals surface area contributed by atoms with Crippen LogP contribution in [-0.4, -0.2) is 57.4 Å². The summed E-state index contributed by atoms with van der Waals surface area (Å²) in [5, 5.41) is 3.36. The molecular formula is C20H29IN4O3. The number of methoxy groups -OCH3 is 2. The molecule has 0 aliphatic heterocycles. The molecule has 1 aromatic heterocycles. The monoisotopic (exact) mass is 500 g/mol.